The molecule has 4 saturated heterocycles. The number of oxazole rings is 1. The number of pyridine rings is 1. The molecule has 5 aliphatic heterocycles. The molecular weight excluding hydrogens is 1350 g/mol. The molecule has 0 unspecified atom stereocenters. The van der Waals surface area contributed by atoms with Gasteiger partial charge in [-0.1, -0.05) is 110 Å². The zero-order valence-electron chi connectivity index (χ0n) is 58.7. The predicted molar refractivity (Wildman–Crippen MR) is 370 cm³/mol. The van der Waals surface area contributed by atoms with Gasteiger partial charge in [0.1, 0.15) is 66.6 Å². The Bertz CT molecular complexity index is 4000. The molecule has 29 nitrogen and oxygen atoms in total. The van der Waals surface area contributed by atoms with Crippen molar-refractivity contribution in [1.29, 1.82) is 0 Å². The van der Waals surface area contributed by atoms with E-state index < -0.39 is 149 Å². The number of nitrogens with zero attached hydrogens (tertiary/aromatic N) is 9. The van der Waals surface area contributed by atoms with Crippen LogP contribution in [0.2, 0.25) is 0 Å². The molecule has 3 aromatic heterocycles. The Morgan fingerprint density at radius 1 is 0.788 bits per heavy atom. The SMILES string of the molecule is CC1=C\[C@@H](O)C[C@@H](F)Cc2nc(co2)C(=O)N2CCC[C@@H]2C(=O)O[C@H](C(C)C)[C@H](Cc2cn(CCC[C@H]3NC(=O)[C@@H](NC(=O)c4ncccc4O)[C@@H](C)OC(=O)[C@H](c4ccccc4)NC(=O)[C@@H]4C[C@H](O)CCN4C(=O)[C@H](Cc4ccccc4)N(C)C(=O)[C@@H]4CCCN4C3=O)nn2)/C=C/C(=O)NC\C=C\1. The monoisotopic (exact) mass is 1440 g/mol. The van der Waals surface area contributed by atoms with Crippen LogP contribution in [0.25, 0.3) is 0 Å². The molecule has 0 radical (unpaired) electrons. The smallest absolute Gasteiger partial charge is 0.333 e. The first kappa shape index (κ1) is 76.2. The van der Waals surface area contributed by atoms with Crippen molar-refractivity contribution in [1.82, 2.24) is 65.8 Å². The number of carbonyl (C=O) groups excluding carboxylic acids is 10. The van der Waals surface area contributed by atoms with Gasteiger partial charge in [-0.3, -0.25) is 43.0 Å². The molecule has 0 spiro atoms. The molecule has 0 saturated carbocycles. The molecule has 2 aromatic carbocycles. The number of aryl methyl sites for hydroxylation is 1. The quantitative estimate of drug-likeness (QED) is 0.0879. The van der Waals surface area contributed by atoms with Crippen LogP contribution in [0.3, 0.4) is 0 Å². The van der Waals surface area contributed by atoms with Crippen molar-refractivity contribution in [2.75, 3.05) is 33.2 Å². The van der Waals surface area contributed by atoms with E-state index in [-0.39, 0.29) is 120 Å². The molecule has 5 aromatic rings. The maximum Gasteiger partial charge on any atom is 0.333 e. The van der Waals surface area contributed by atoms with E-state index >= 15 is 23.6 Å². The second-order valence-electron chi connectivity index (χ2n) is 27.4. The van der Waals surface area contributed by atoms with Crippen LogP contribution in [0.15, 0.2) is 132 Å². The van der Waals surface area contributed by atoms with Crippen molar-refractivity contribution < 1.29 is 81.5 Å². The zero-order chi connectivity index (χ0) is 74.3. The summed E-state index contributed by atoms with van der Waals surface area (Å²) in [6.07, 6.45) is 5.74. The van der Waals surface area contributed by atoms with E-state index in [9.17, 15) is 44.1 Å². The number of benzene rings is 2. The first-order chi connectivity index (χ1) is 49.9. The largest absolute Gasteiger partial charge is 0.505 e. The number of alkyl halides is 1. The van der Waals surface area contributed by atoms with Gasteiger partial charge in [0, 0.05) is 83.8 Å². The van der Waals surface area contributed by atoms with Crippen LogP contribution in [0.1, 0.15) is 135 Å². The summed E-state index contributed by atoms with van der Waals surface area (Å²) in [5.74, 6) is -9.61. The number of hydrogen-bond donors (Lipinski definition) is 7. The maximum absolute atomic E-state index is 15.5. The lowest BCUT2D eigenvalue weighted by molar-refractivity contribution is -0.158. The van der Waals surface area contributed by atoms with E-state index in [2.05, 4.69) is 41.5 Å². The van der Waals surface area contributed by atoms with E-state index in [1.165, 1.54) is 68.7 Å². The van der Waals surface area contributed by atoms with Crippen molar-refractivity contribution in [3.63, 3.8) is 0 Å². The van der Waals surface area contributed by atoms with E-state index in [4.69, 9.17) is 13.9 Å². The number of nitrogens with one attached hydrogen (secondary N) is 4. The molecule has 104 heavy (non-hydrogen) atoms. The average Bonchev–Trinajstić information content (AvgIpc) is 0.844. The van der Waals surface area contributed by atoms with Crippen molar-refractivity contribution >= 4 is 59.2 Å². The van der Waals surface area contributed by atoms with Crippen LogP contribution in [-0.4, -0.2) is 219 Å². The molecule has 554 valence electrons. The van der Waals surface area contributed by atoms with Crippen molar-refractivity contribution in [2.45, 2.75) is 184 Å². The number of amides is 8. The summed E-state index contributed by atoms with van der Waals surface area (Å²) >= 11 is 0. The second-order valence-corrected chi connectivity index (χ2v) is 27.4. The third-order valence-electron chi connectivity index (χ3n) is 19.4. The summed E-state index contributed by atoms with van der Waals surface area (Å²) in [5, 5.41) is 52.3. The van der Waals surface area contributed by atoms with Gasteiger partial charge in [-0.05, 0) is 94.0 Å². The minimum Gasteiger partial charge on any atom is -0.505 e. The van der Waals surface area contributed by atoms with Gasteiger partial charge in [-0.2, -0.15) is 0 Å². The summed E-state index contributed by atoms with van der Waals surface area (Å²) in [7, 11) is 1.45. The van der Waals surface area contributed by atoms with E-state index in [0.717, 1.165) is 6.26 Å². The Morgan fingerprint density at radius 3 is 2.25 bits per heavy atom. The topological polar surface area (TPSA) is 381 Å². The molecule has 8 heterocycles. The average molecular weight is 1440 g/mol. The second kappa shape index (κ2) is 35.1. The summed E-state index contributed by atoms with van der Waals surface area (Å²) in [6.45, 7) is 6.91. The molecule has 4 fully saturated rings. The number of likely N-dealkylation sites (N-methyl/N-ethyl adjacent to an activating group) is 1. The summed E-state index contributed by atoms with van der Waals surface area (Å²) in [5.41, 5.74) is 1.24. The Morgan fingerprint density at radius 2 is 1.51 bits per heavy atom. The normalized spacial score (nSPS) is 28.2. The van der Waals surface area contributed by atoms with Crippen LogP contribution in [0.5, 0.6) is 5.75 Å². The highest BCUT2D eigenvalue weighted by atomic mass is 19.1. The Hall–Kier alpha value is -10.5. The van der Waals surface area contributed by atoms with E-state index in [1.54, 1.807) is 92.0 Å². The Kier molecular flexibility index (Phi) is 25.7. The fraction of sp³-hybridized carbons (Fsp3) is 0.486. The number of piperidine rings is 1. The van der Waals surface area contributed by atoms with Gasteiger partial charge in [0.05, 0.1) is 24.3 Å². The number of hydrogen-bond acceptors (Lipinski definition) is 20. The molecule has 30 heteroatoms. The van der Waals surface area contributed by atoms with Crippen LogP contribution in [-0.2, 0) is 73.6 Å². The highest BCUT2D eigenvalue weighted by Crippen LogP contribution is 2.31. The third-order valence-corrected chi connectivity index (χ3v) is 19.4. The molecule has 2 bridgehead atoms. The Labute approximate surface area is 600 Å². The van der Waals surface area contributed by atoms with Crippen LogP contribution < -0.4 is 21.3 Å². The standard InChI is InChI=1S/C74H90FN13O16/c1-43(2)65-48(26-27-60(92)76-29-12-17-44(3)35-52(90)38-49(75)39-61-78-54(42-102-61)70(97)87-33-16-24-56(87)73(100)104-65)37-50-41-85(83-82-50)31-14-22-53-69(96)86-32-15-23-55(86)71(98)84(5)58(36-46-18-8-6-9-19-46)72(99)88-34-28-51(89)40-57(88)66(93)81-63(47-20-10-7-11-21-47)74(101)103-45(4)62(67(94)79-53)80-68(95)64-59(91)25-13-30-77-64/h6-13,17-21,25-27,30,35,41-43,45,48-49,51-53,55-58,62-63,65,89-91H,14-16,22-24,28-29,31-34,36-40H2,1-5H3,(H,76,92)(H,79,94)(H,80,95)(H,81,93)/b17-12+,27-26+,44-35+/t45-,48+,49-,51-,52-,53-,55+,56-,57+,58+,62+,63+,65-/m1/s1. The van der Waals surface area contributed by atoms with Gasteiger partial charge in [0.2, 0.25) is 35.4 Å². The first-order valence-corrected chi connectivity index (χ1v) is 35.3. The number of aromatic hydroxyl groups is 1. The number of cyclic esters (lactones) is 2. The van der Waals surface area contributed by atoms with Crippen LogP contribution in [0.4, 0.5) is 4.39 Å². The zero-order valence-corrected chi connectivity index (χ0v) is 58.7. The molecule has 10 rings (SSSR count). The lowest BCUT2D eigenvalue weighted by atomic mass is 9.88. The summed E-state index contributed by atoms with van der Waals surface area (Å²) < 4.78 is 34.6. The molecule has 5 aliphatic rings. The van der Waals surface area contributed by atoms with Crippen molar-refractivity contribution in [2.24, 2.45) is 11.8 Å². The lowest BCUT2D eigenvalue weighted by Gasteiger charge is -2.41. The molecular formula is C74H90FN13O16. The van der Waals surface area contributed by atoms with E-state index in [0.29, 0.717) is 29.7 Å². The van der Waals surface area contributed by atoms with Gasteiger partial charge in [-0.25, -0.2) is 23.9 Å². The number of fused-ring (bicyclic) bond motifs is 5. The number of aliphatic hydroxyl groups is 2. The van der Waals surface area contributed by atoms with Gasteiger partial charge in [0.25, 0.3) is 11.8 Å². The number of esters is 2. The minimum atomic E-state index is -1.85. The number of aromatic nitrogens is 5. The lowest BCUT2D eigenvalue weighted by Crippen LogP contribution is -2.62. The highest BCUT2D eigenvalue weighted by Gasteiger charge is 2.47. The Balaban J connectivity index is 0.949. The van der Waals surface area contributed by atoms with Crippen LogP contribution in [0, 0.1) is 11.8 Å². The predicted octanol–water partition coefficient (Wildman–Crippen LogP) is 3.50. The minimum absolute atomic E-state index is 0.0235. The van der Waals surface area contributed by atoms with Gasteiger partial charge >= 0.3 is 11.9 Å². The fourth-order valence-corrected chi connectivity index (χ4v) is 13.9. The molecule has 7 N–H and O–H groups in total. The summed E-state index contributed by atoms with van der Waals surface area (Å²) in [6, 6.07) is 9.64. The van der Waals surface area contributed by atoms with Gasteiger partial charge in [-0.15, -0.1) is 5.10 Å². The van der Waals surface area contributed by atoms with Crippen molar-refractivity contribution in [3.05, 3.63) is 162 Å². The number of halogens is 1. The van der Waals surface area contributed by atoms with E-state index in [1.807, 2.05) is 13.8 Å². The number of carbonyl (C=O) groups is 10. The fourth-order valence-electron chi connectivity index (χ4n) is 13.9. The van der Waals surface area contributed by atoms with Crippen molar-refractivity contribution in [3.8, 4) is 5.75 Å². The number of ether oxygens (including phenoxy) is 2. The summed E-state index contributed by atoms with van der Waals surface area (Å²) in [4.78, 5) is 160. The number of allylic oxidation sites excluding steroid dienone is 2. The molecule has 13 atom stereocenters. The number of rotatable bonds is 12. The van der Waals surface area contributed by atoms with Crippen LogP contribution >= 0.6 is 0 Å². The number of aliphatic hydroxyl groups excluding tert-OH is 2. The van der Waals surface area contributed by atoms with Gasteiger partial charge in [0.15, 0.2) is 23.3 Å². The highest BCUT2D eigenvalue weighted by molar-refractivity contribution is 6.01. The first-order valence-electron chi connectivity index (χ1n) is 35.3. The molecule has 0 aliphatic carbocycles. The maximum atomic E-state index is 15.5. The van der Waals surface area contributed by atoms with Gasteiger partial charge < -0.3 is 70.1 Å². The molecule has 8 amide bonds. The third kappa shape index (κ3) is 19.2.